The smallest absolute Gasteiger partial charge is 0.283 e. The van der Waals surface area contributed by atoms with Gasteiger partial charge in [0.15, 0.2) is 3.95 Å². The van der Waals surface area contributed by atoms with Crippen LogP contribution in [0.25, 0.3) is 0 Å². The van der Waals surface area contributed by atoms with E-state index < -0.39 is 0 Å². The van der Waals surface area contributed by atoms with Crippen molar-refractivity contribution in [1.29, 1.82) is 0 Å². The molecule has 1 N–H and O–H groups in total. The number of hydrogen-bond acceptors (Lipinski definition) is 5. The quantitative estimate of drug-likeness (QED) is 0.536. The highest BCUT2D eigenvalue weighted by molar-refractivity contribution is 7.73. The van der Waals surface area contributed by atoms with Crippen molar-refractivity contribution >= 4 is 35.7 Å². The van der Waals surface area contributed by atoms with Gasteiger partial charge >= 0.3 is 0 Å². The molecule has 7 heteroatoms. The first-order valence-electron chi connectivity index (χ1n) is 5.49. The summed E-state index contributed by atoms with van der Waals surface area (Å²) >= 11 is 6.40. The van der Waals surface area contributed by atoms with E-state index in [4.69, 9.17) is 12.2 Å². The fourth-order valence-electron chi connectivity index (χ4n) is 1.40. The Morgan fingerprint density at radius 1 is 1.63 bits per heavy atom. The summed E-state index contributed by atoms with van der Waals surface area (Å²) in [4.78, 5) is 16.5. The number of pyridine rings is 1. The van der Waals surface area contributed by atoms with E-state index in [9.17, 15) is 4.79 Å². The number of rotatable bonds is 3. The predicted octanol–water partition coefficient (Wildman–Crippen LogP) is 2.28. The minimum Gasteiger partial charge on any atom is -0.330 e. The number of thiazole rings is 1. The summed E-state index contributed by atoms with van der Waals surface area (Å²) in [5, 5.41) is 3.90. The standard InChI is InChI=1S/C12H12N4OS2/c1-8-10(19-12(18)16(8)2)11(17)15-14-7-9-4-3-5-13-6-9/h3-7H,1-2H3,(H,15,17)/b14-7-. The minimum atomic E-state index is -0.255. The minimum absolute atomic E-state index is 0.255. The largest absolute Gasteiger partial charge is 0.330 e. The molecule has 2 aromatic rings. The van der Waals surface area contributed by atoms with E-state index in [0.717, 1.165) is 11.3 Å². The lowest BCUT2D eigenvalue weighted by Gasteiger charge is -1.99. The maximum absolute atomic E-state index is 11.9. The number of nitrogens with one attached hydrogen (secondary N) is 1. The molecule has 19 heavy (non-hydrogen) atoms. The molecule has 0 saturated heterocycles. The third-order valence-electron chi connectivity index (χ3n) is 2.57. The monoisotopic (exact) mass is 292 g/mol. The molecule has 0 fully saturated rings. The van der Waals surface area contributed by atoms with Crippen molar-refractivity contribution in [2.45, 2.75) is 6.92 Å². The van der Waals surface area contributed by atoms with Crippen molar-refractivity contribution in [2.75, 3.05) is 0 Å². The molecule has 0 atom stereocenters. The maximum atomic E-state index is 11.9. The lowest BCUT2D eigenvalue weighted by molar-refractivity contribution is 0.0958. The van der Waals surface area contributed by atoms with E-state index in [1.807, 2.05) is 20.0 Å². The van der Waals surface area contributed by atoms with Crippen LogP contribution in [0.15, 0.2) is 29.6 Å². The molecule has 1 amide bonds. The molecule has 2 aromatic heterocycles. The average Bonchev–Trinajstić information content (AvgIpc) is 2.68. The Morgan fingerprint density at radius 3 is 3.00 bits per heavy atom. The molecule has 0 aliphatic rings. The molecule has 0 saturated carbocycles. The molecule has 0 aliphatic carbocycles. The van der Waals surface area contributed by atoms with E-state index in [2.05, 4.69) is 15.5 Å². The summed E-state index contributed by atoms with van der Waals surface area (Å²) in [6.45, 7) is 1.85. The van der Waals surface area contributed by atoms with Crippen LogP contribution < -0.4 is 5.43 Å². The summed E-state index contributed by atoms with van der Waals surface area (Å²) in [6, 6.07) is 3.65. The Labute approximate surface area is 119 Å². The van der Waals surface area contributed by atoms with Crippen LogP contribution >= 0.6 is 23.6 Å². The van der Waals surface area contributed by atoms with Crippen LogP contribution in [0.3, 0.4) is 0 Å². The average molecular weight is 292 g/mol. The molecule has 0 aromatic carbocycles. The number of carbonyl (C=O) groups is 1. The number of hydrazone groups is 1. The van der Waals surface area contributed by atoms with E-state index in [1.54, 1.807) is 29.2 Å². The zero-order valence-electron chi connectivity index (χ0n) is 10.5. The molecule has 5 nitrogen and oxygen atoms in total. The van der Waals surface area contributed by atoms with Gasteiger partial charge in [-0.3, -0.25) is 9.78 Å². The molecular formula is C12H12N4OS2. The van der Waals surface area contributed by atoms with Crippen LogP contribution in [0.2, 0.25) is 0 Å². The molecule has 0 radical (unpaired) electrons. The van der Waals surface area contributed by atoms with Crippen molar-refractivity contribution in [3.8, 4) is 0 Å². The van der Waals surface area contributed by atoms with E-state index in [1.165, 1.54) is 11.3 Å². The van der Waals surface area contributed by atoms with Gasteiger partial charge in [-0.1, -0.05) is 17.4 Å². The van der Waals surface area contributed by atoms with Gasteiger partial charge in [0.25, 0.3) is 5.91 Å². The summed E-state index contributed by atoms with van der Waals surface area (Å²) in [5.74, 6) is -0.255. The second-order valence-corrected chi connectivity index (χ2v) is 5.47. The van der Waals surface area contributed by atoms with Crippen LogP contribution in [0, 0.1) is 10.9 Å². The fourth-order valence-corrected chi connectivity index (χ4v) is 2.66. The predicted molar refractivity (Wildman–Crippen MR) is 78.2 cm³/mol. The molecule has 98 valence electrons. The summed E-state index contributed by atoms with van der Waals surface area (Å²) in [6.07, 6.45) is 4.88. The van der Waals surface area contributed by atoms with Gasteiger partial charge in [0.1, 0.15) is 4.88 Å². The zero-order valence-corrected chi connectivity index (χ0v) is 12.1. The van der Waals surface area contributed by atoms with Crippen LogP contribution in [-0.4, -0.2) is 21.7 Å². The second-order valence-electron chi connectivity index (χ2n) is 3.83. The number of amides is 1. The maximum Gasteiger partial charge on any atom is 0.283 e. The van der Waals surface area contributed by atoms with Crippen molar-refractivity contribution in [3.05, 3.63) is 44.6 Å². The highest BCUT2D eigenvalue weighted by atomic mass is 32.1. The van der Waals surface area contributed by atoms with Gasteiger partial charge in [0, 0.05) is 30.7 Å². The van der Waals surface area contributed by atoms with Crippen molar-refractivity contribution in [3.63, 3.8) is 0 Å². The molecule has 0 aliphatic heterocycles. The molecular weight excluding hydrogens is 280 g/mol. The lowest BCUT2D eigenvalue weighted by atomic mass is 10.3. The van der Waals surface area contributed by atoms with Crippen molar-refractivity contribution < 1.29 is 4.79 Å². The molecule has 0 spiro atoms. The van der Waals surface area contributed by atoms with Crippen LogP contribution in [0.1, 0.15) is 20.9 Å². The molecule has 2 heterocycles. The highest BCUT2D eigenvalue weighted by Gasteiger charge is 2.13. The SMILES string of the molecule is Cc1c(C(=O)N/N=C\c2cccnc2)sc(=S)n1C. The third-order valence-corrected chi connectivity index (χ3v) is 4.22. The number of nitrogens with zero attached hydrogens (tertiary/aromatic N) is 3. The van der Waals surface area contributed by atoms with Crippen LogP contribution in [0.5, 0.6) is 0 Å². The normalized spacial score (nSPS) is 10.8. The van der Waals surface area contributed by atoms with Crippen molar-refractivity contribution in [2.24, 2.45) is 12.1 Å². The molecule has 0 bridgehead atoms. The van der Waals surface area contributed by atoms with Gasteiger partial charge in [0.05, 0.1) is 6.21 Å². The number of carbonyl (C=O) groups excluding carboxylic acids is 1. The Kier molecular flexibility index (Phi) is 4.18. The van der Waals surface area contributed by atoms with Gasteiger partial charge < -0.3 is 4.57 Å². The summed E-state index contributed by atoms with van der Waals surface area (Å²) in [5.41, 5.74) is 4.14. The van der Waals surface area contributed by atoms with Crippen molar-refractivity contribution in [1.82, 2.24) is 15.0 Å². The first-order valence-corrected chi connectivity index (χ1v) is 6.72. The van der Waals surface area contributed by atoms with Crippen LogP contribution in [0.4, 0.5) is 0 Å². The Hall–Kier alpha value is -1.86. The third kappa shape index (κ3) is 3.12. The summed E-state index contributed by atoms with van der Waals surface area (Å²) in [7, 11) is 1.84. The molecule has 0 unspecified atom stereocenters. The van der Waals surface area contributed by atoms with Crippen LogP contribution in [-0.2, 0) is 7.05 Å². The van der Waals surface area contributed by atoms with Gasteiger partial charge in [-0.2, -0.15) is 5.10 Å². The van der Waals surface area contributed by atoms with E-state index in [0.29, 0.717) is 8.83 Å². The van der Waals surface area contributed by atoms with E-state index in [-0.39, 0.29) is 5.91 Å². The molecule has 2 rings (SSSR count). The lowest BCUT2D eigenvalue weighted by Crippen LogP contribution is -2.17. The van der Waals surface area contributed by atoms with E-state index >= 15 is 0 Å². The number of hydrogen-bond donors (Lipinski definition) is 1. The Balaban J connectivity index is 2.08. The van der Waals surface area contributed by atoms with Gasteiger partial charge in [-0.15, -0.1) is 0 Å². The second kappa shape index (κ2) is 5.85. The first-order chi connectivity index (χ1) is 9.09. The Morgan fingerprint density at radius 2 is 2.42 bits per heavy atom. The highest BCUT2D eigenvalue weighted by Crippen LogP contribution is 2.17. The first kappa shape index (κ1) is 13.6. The zero-order chi connectivity index (χ0) is 13.8. The Bertz CT molecular complexity index is 673. The van der Waals surface area contributed by atoms with Gasteiger partial charge in [-0.25, -0.2) is 5.43 Å². The van der Waals surface area contributed by atoms with Gasteiger partial charge in [-0.05, 0) is 25.2 Å². The topological polar surface area (TPSA) is 59.3 Å². The number of aromatic nitrogens is 2. The summed E-state index contributed by atoms with van der Waals surface area (Å²) < 4.78 is 2.47. The van der Waals surface area contributed by atoms with Gasteiger partial charge in [0.2, 0.25) is 0 Å². The fraction of sp³-hybridized carbons (Fsp3) is 0.167.